The fourth-order valence-electron chi connectivity index (χ4n) is 1.80. The monoisotopic (exact) mass is 268 g/mol. The molecule has 0 saturated heterocycles. The molecule has 19 heavy (non-hydrogen) atoms. The summed E-state index contributed by atoms with van der Waals surface area (Å²) in [5.41, 5.74) is 0.840. The van der Waals surface area contributed by atoms with Crippen LogP contribution in [0.1, 0.15) is 32.4 Å². The number of amides is 1. The first kappa shape index (κ1) is 15.4. The number of carbonyl (C=O) groups is 1. The molecule has 0 aliphatic heterocycles. The number of carbonyl (C=O) groups excluding carboxylic acids is 1. The number of likely N-dealkylation sites (N-methyl/N-ethyl adjacent to an activating group) is 1. The first-order valence-corrected chi connectivity index (χ1v) is 6.50. The Bertz CT molecular complexity index is 424. The fraction of sp³-hybridized carbons (Fsp3) is 0.500. The van der Waals surface area contributed by atoms with Crippen molar-refractivity contribution in [2.24, 2.45) is 0 Å². The molecule has 1 unspecified atom stereocenters. The van der Waals surface area contributed by atoms with Crippen LogP contribution >= 0.6 is 0 Å². The van der Waals surface area contributed by atoms with Crippen LogP contribution < -0.4 is 15.4 Å². The van der Waals surface area contributed by atoms with Gasteiger partial charge in [0.15, 0.2) is 6.61 Å². The van der Waals surface area contributed by atoms with Crippen molar-refractivity contribution in [3.8, 4) is 5.75 Å². The Hall–Kier alpha value is -1.62. The Morgan fingerprint density at radius 1 is 1.37 bits per heavy atom. The van der Waals surface area contributed by atoms with Crippen LogP contribution in [0.2, 0.25) is 0 Å². The van der Waals surface area contributed by atoms with Gasteiger partial charge in [-0.25, -0.2) is 4.39 Å². The summed E-state index contributed by atoms with van der Waals surface area (Å²) in [6, 6.07) is 4.41. The Balaban J connectivity index is 2.79. The molecule has 0 radical (unpaired) electrons. The smallest absolute Gasteiger partial charge is 0.257 e. The SMILES string of the molecule is CCNC(=O)COc1cc(F)ccc1C(C)NCC. The minimum absolute atomic E-state index is 0.0369. The van der Waals surface area contributed by atoms with Crippen LogP contribution in [0.3, 0.4) is 0 Å². The number of benzene rings is 1. The van der Waals surface area contributed by atoms with Gasteiger partial charge in [0, 0.05) is 24.2 Å². The molecular weight excluding hydrogens is 247 g/mol. The zero-order valence-electron chi connectivity index (χ0n) is 11.6. The van der Waals surface area contributed by atoms with E-state index < -0.39 is 0 Å². The summed E-state index contributed by atoms with van der Waals surface area (Å²) in [6.07, 6.45) is 0. The van der Waals surface area contributed by atoms with Crippen molar-refractivity contribution < 1.29 is 13.9 Å². The first-order chi connectivity index (χ1) is 9.08. The molecule has 1 amide bonds. The van der Waals surface area contributed by atoms with Crippen molar-refractivity contribution in [3.63, 3.8) is 0 Å². The third kappa shape index (κ3) is 4.87. The molecular formula is C14H21FN2O2. The predicted octanol–water partition coefficient (Wildman–Crippen LogP) is 2.01. The molecule has 0 spiro atoms. The van der Waals surface area contributed by atoms with Gasteiger partial charge in [-0.1, -0.05) is 13.0 Å². The maximum atomic E-state index is 13.3. The topological polar surface area (TPSA) is 50.4 Å². The summed E-state index contributed by atoms with van der Waals surface area (Å²) in [4.78, 5) is 11.4. The number of rotatable bonds is 7. The summed E-state index contributed by atoms with van der Waals surface area (Å²) < 4.78 is 18.7. The molecule has 1 rings (SSSR count). The lowest BCUT2D eigenvalue weighted by molar-refractivity contribution is -0.123. The van der Waals surface area contributed by atoms with E-state index in [-0.39, 0.29) is 24.4 Å². The van der Waals surface area contributed by atoms with Crippen molar-refractivity contribution in [1.29, 1.82) is 0 Å². The van der Waals surface area contributed by atoms with Crippen LogP contribution in [0.25, 0.3) is 0 Å². The second-order valence-corrected chi connectivity index (χ2v) is 4.20. The minimum Gasteiger partial charge on any atom is -0.483 e. The third-order valence-corrected chi connectivity index (χ3v) is 2.69. The molecule has 0 heterocycles. The van der Waals surface area contributed by atoms with Crippen LogP contribution in [0.15, 0.2) is 18.2 Å². The van der Waals surface area contributed by atoms with E-state index in [1.807, 2.05) is 20.8 Å². The van der Waals surface area contributed by atoms with Crippen LogP contribution in [-0.4, -0.2) is 25.6 Å². The Labute approximate surface area is 113 Å². The number of nitrogens with one attached hydrogen (secondary N) is 2. The summed E-state index contributed by atoms with van der Waals surface area (Å²) in [5.74, 6) is -0.188. The van der Waals surface area contributed by atoms with Gasteiger partial charge in [0.1, 0.15) is 11.6 Å². The van der Waals surface area contributed by atoms with E-state index in [9.17, 15) is 9.18 Å². The third-order valence-electron chi connectivity index (χ3n) is 2.69. The van der Waals surface area contributed by atoms with E-state index in [4.69, 9.17) is 4.74 Å². The van der Waals surface area contributed by atoms with Gasteiger partial charge in [-0.2, -0.15) is 0 Å². The number of hydrogen-bond acceptors (Lipinski definition) is 3. The van der Waals surface area contributed by atoms with Gasteiger partial charge in [-0.3, -0.25) is 4.79 Å². The Kier molecular flexibility index (Phi) is 6.29. The predicted molar refractivity (Wildman–Crippen MR) is 72.7 cm³/mol. The van der Waals surface area contributed by atoms with E-state index in [1.54, 1.807) is 6.07 Å². The Morgan fingerprint density at radius 3 is 2.74 bits per heavy atom. The molecule has 0 bridgehead atoms. The highest BCUT2D eigenvalue weighted by molar-refractivity contribution is 5.77. The lowest BCUT2D eigenvalue weighted by Crippen LogP contribution is -2.29. The van der Waals surface area contributed by atoms with Gasteiger partial charge in [-0.05, 0) is 26.5 Å². The molecule has 0 aliphatic carbocycles. The molecule has 106 valence electrons. The van der Waals surface area contributed by atoms with Crippen LogP contribution in [0, 0.1) is 5.82 Å². The first-order valence-electron chi connectivity index (χ1n) is 6.50. The van der Waals surface area contributed by atoms with Crippen molar-refractivity contribution in [3.05, 3.63) is 29.6 Å². The van der Waals surface area contributed by atoms with Crippen LogP contribution in [-0.2, 0) is 4.79 Å². The summed E-state index contributed by atoms with van der Waals surface area (Å²) in [6.45, 7) is 7.03. The van der Waals surface area contributed by atoms with Gasteiger partial charge in [0.2, 0.25) is 0 Å². The normalized spacial score (nSPS) is 12.0. The number of ether oxygens (including phenoxy) is 1. The fourth-order valence-corrected chi connectivity index (χ4v) is 1.80. The second kappa shape index (κ2) is 7.74. The average Bonchev–Trinajstić information content (AvgIpc) is 2.37. The van der Waals surface area contributed by atoms with Gasteiger partial charge < -0.3 is 15.4 Å². The average molecular weight is 268 g/mol. The number of halogens is 1. The highest BCUT2D eigenvalue weighted by atomic mass is 19.1. The van der Waals surface area contributed by atoms with Crippen molar-refractivity contribution >= 4 is 5.91 Å². The zero-order valence-corrected chi connectivity index (χ0v) is 11.6. The highest BCUT2D eigenvalue weighted by Crippen LogP contribution is 2.26. The molecule has 1 aromatic rings. The van der Waals surface area contributed by atoms with E-state index in [2.05, 4.69) is 10.6 Å². The summed E-state index contributed by atoms with van der Waals surface area (Å²) in [7, 11) is 0. The molecule has 5 heteroatoms. The molecule has 1 atom stereocenters. The molecule has 1 aromatic carbocycles. The largest absolute Gasteiger partial charge is 0.483 e. The van der Waals surface area contributed by atoms with E-state index >= 15 is 0 Å². The standard InChI is InChI=1S/C14H21FN2O2/c1-4-16-10(3)12-7-6-11(15)8-13(12)19-9-14(18)17-5-2/h6-8,10,16H,4-5,9H2,1-3H3,(H,17,18). The van der Waals surface area contributed by atoms with Gasteiger partial charge in [-0.15, -0.1) is 0 Å². The number of hydrogen-bond donors (Lipinski definition) is 2. The maximum absolute atomic E-state index is 13.3. The van der Waals surface area contributed by atoms with E-state index in [0.29, 0.717) is 12.3 Å². The lowest BCUT2D eigenvalue weighted by Gasteiger charge is -2.17. The van der Waals surface area contributed by atoms with E-state index in [0.717, 1.165) is 12.1 Å². The summed E-state index contributed by atoms with van der Waals surface area (Å²) in [5, 5.41) is 5.86. The van der Waals surface area contributed by atoms with Crippen molar-refractivity contribution in [2.75, 3.05) is 19.7 Å². The molecule has 2 N–H and O–H groups in total. The molecule has 0 fully saturated rings. The van der Waals surface area contributed by atoms with Crippen molar-refractivity contribution in [2.45, 2.75) is 26.8 Å². The zero-order chi connectivity index (χ0) is 14.3. The highest BCUT2D eigenvalue weighted by Gasteiger charge is 2.13. The molecule has 4 nitrogen and oxygen atoms in total. The van der Waals surface area contributed by atoms with Crippen LogP contribution in [0.4, 0.5) is 4.39 Å². The van der Waals surface area contributed by atoms with Gasteiger partial charge >= 0.3 is 0 Å². The second-order valence-electron chi connectivity index (χ2n) is 4.20. The lowest BCUT2D eigenvalue weighted by atomic mass is 10.1. The van der Waals surface area contributed by atoms with Crippen LogP contribution in [0.5, 0.6) is 5.75 Å². The maximum Gasteiger partial charge on any atom is 0.257 e. The quantitative estimate of drug-likeness (QED) is 0.795. The van der Waals surface area contributed by atoms with Gasteiger partial charge in [0.05, 0.1) is 0 Å². The molecule has 0 aliphatic rings. The Morgan fingerprint density at radius 2 is 2.11 bits per heavy atom. The van der Waals surface area contributed by atoms with Crippen molar-refractivity contribution in [1.82, 2.24) is 10.6 Å². The van der Waals surface area contributed by atoms with Gasteiger partial charge in [0.25, 0.3) is 5.91 Å². The van der Waals surface area contributed by atoms with E-state index in [1.165, 1.54) is 12.1 Å². The molecule has 0 aromatic heterocycles. The molecule has 0 saturated carbocycles. The minimum atomic E-state index is -0.377. The summed E-state index contributed by atoms with van der Waals surface area (Å²) >= 11 is 0.